The lowest BCUT2D eigenvalue weighted by atomic mass is 10.1. The molecule has 0 bridgehead atoms. The number of nitrogen functional groups attached to an aromatic ring is 1. The summed E-state index contributed by atoms with van der Waals surface area (Å²) in [5.41, 5.74) is 7.13. The third-order valence-electron chi connectivity index (χ3n) is 2.91. The van der Waals surface area contributed by atoms with Crippen molar-refractivity contribution in [2.24, 2.45) is 0 Å². The summed E-state index contributed by atoms with van der Waals surface area (Å²) in [5.74, 6) is -0.692. The first-order chi connectivity index (χ1) is 8.90. The Hall–Kier alpha value is -1.88. The summed E-state index contributed by atoms with van der Waals surface area (Å²) in [4.78, 5) is -0.0304. The molecule has 19 heavy (non-hydrogen) atoms. The second-order valence-electron chi connectivity index (χ2n) is 4.37. The number of halogens is 1. The lowest BCUT2D eigenvalue weighted by molar-refractivity contribution is 0.594. The van der Waals surface area contributed by atoms with Gasteiger partial charge in [-0.15, -0.1) is 0 Å². The van der Waals surface area contributed by atoms with Gasteiger partial charge in [0.25, 0.3) is 0 Å². The van der Waals surface area contributed by atoms with E-state index in [1.54, 1.807) is 12.1 Å². The lowest BCUT2D eigenvalue weighted by Gasteiger charge is -2.09. The van der Waals surface area contributed by atoms with E-state index in [1.165, 1.54) is 6.07 Å². The van der Waals surface area contributed by atoms with Gasteiger partial charge in [-0.3, -0.25) is 0 Å². The predicted octanol–water partition coefficient (Wildman–Crippen LogP) is 2.69. The molecule has 0 unspecified atom stereocenters. The van der Waals surface area contributed by atoms with Crippen LogP contribution in [0.25, 0.3) is 0 Å². The molecule has 100 valence electrons. The molecule has 0 aliphatic heterocycles. The highest BCUT2D eigenvalue weighted by molar-refractivity contribution is 7.90. The highest BCUT2D eigenvalue weighted by Gasteiger charge is 2.19. The van der Waals surface area contributed by atoms with Crippen molar-refractivity contribution in [2.45, 2.75) is 17.6 Å². The summed E-state index contributed by atoms with van der Waals surface area (Å²) in [7, 11) is -3.57. The van der Waals surface area contributed by atoms with Crippen LogP contribution in [-0.4, -0.2) is 8.42 Å². The van der Waals surface area contributed by atoms with Crippen LogP contribution in [0.3, 0.4) is 0 Å². The Bertz CT molecular complexity index is 711. The first-order valence-electron chi connectivity index (χ1n) is 5.72. The highest BCUT2D eigenvalue weighted by Crippen LogP contribution is 2.24. The Morgan fingerprint density at radius 3 is 2.47 bits per heavy atom. The number of anilines is 1. The van der Waals surface area contributed by atoms with Crippen LogP contribution in [0, 0.1) is 12.7 Å². The van der Waals surface area contributed by atoms with Crippen LogP contribution in [0.1, 0.15) is 11.1 Å². The number of hydrogen-bond donors (Lipinski definition) is 1. The van der Waals surface area contributed by atoms with Crippen molar-refractivity contribution in [1.29, 1.82) is 0 Å². The maximum Gasteiger partial charge on any atom is 0.184 e. The molecule has 5 heteroatoms. The number of nitrogens with two attached hydrogens (primary N) is 1. The van der Waals surface area contributed by atoms with Crippen LogP contribution in [0.5, 0.6) is 0 Å². The predicted molar refractivity (Wildman–Crippen MR) is 72.9 cm³/mol. The Kier molecular flexibility index (Phi) is 3.57. The molecule has 0 fully saturated rings. The van der Waals surface area contributed by atoms with E-state index < -0.39 is 15.7 Å². The smallest absolute Gasteiger partial charge is 0.184 e. The minimum atomic E-state index is -3.57. The summed E-state index contributed by atoms with van der Waals surface area (Å²) in [6, 6.07) is 10.6. The number of rotatable bonds is 3. The maximum absolute atomic E-state index is 13.0. The third kappa shape index (κ3) is 2.93. The van der Waals surface area contributed by atoms with Crippen LogP contribution in [-0.2, 0) is 15.6 Å². The Morgan fingerprint density at radius 2 is 1.84 bits per heavy atom. The van der Waals surface area contributed by atoms with E-state index in [-0.39, 0.29) is 16.3 Å². The van der Waals surface area contributed by atoms with Gasteiger partial charge >= 0.3 is 0 Å². The highest BCUT2D eigenvalue weighted by atomic mass is 32.2. The zero-order chi connectivity index (χ0) is 14.0. The van der Waals surface area contributed by atoms with Gasteiger partial charge in [0, 0.05) is 0 Å². The van der Waals surface area contributed by atoms with Gasteiger partial charge in [0.1, 0.15) is 5.82 Å². The van der Waals surface area contributed by atoms with E-state index in [9.17, 15) is 12.8 Å². The largest absolute Gasteiger partial charge is 0.398 e. The van der Waals surface area contributed by atoms with Crippen LogP contribution in [0.15, 0.2) is 47.4 Å². The SMILES string of the molecule is Cc1ccccc1CS(=O)(=O)c1ccc(F)cc1N. The van der Waals surface area contributed by atoms with Gasteiger partial charge < -0.3 is 5.73 Å². The number of aryl methyl sites for hydroxylation is 1. The Morgan fingerprint density at radius 1 is 1.16 bits per heavy atom. The molecule has 0 radical (unpaired) electrons. The van der Waals surface area contributed by atoms with Gasteiger partial charge in [-0.05, 0) is 36.2 Å². The zero-order valence-corrected chi connectivity index (χ0v) is 11.2. The van der Waals surface area contributed by atoms with E-state index in [0.717, 1.165) is 17.7 Å². The molecule has 0 saturated carbocycles. The zero-order valence-electron chi connectivity index (χ0n) is 10.4. The lowest BCUT2D eigenvalue weighted by Crippen LogP contribution is -2.09. The summed E-state index contributed by atoms with van der Waals surface area (Å²) >= 11 is 0. The number of hydrogen-bond acceptors (Lipinski definition) is 3. The van der Waals surface area contributed by atoms with Gasteiger partial charge in [0.05, 0.1) is 16.3 Å². The van der Waals surface area contributed by atoms with Crippen molar-refractivity contribution in [2.75, 3.05) is 5.73 Å². The van der Waals surface area contributed by atoms with E-state index in [2.05, 4.69) is 0 Å². The minimum absolute atomic E-state index is 0.0304. The first kappa shape index (κ1) is 13.5. The monoisotopic (exact) mass is 279 g/mol. The van der Waals surface area contributed by atoms with Crippen molar-refractivity contribution in [1.82, 2.24) is 0 Å². The van der Waals surface area contributed by atoms with E-state index in [0.29, 0.717) is 5.56 Å². The van der Waals surface area contributed by atoms with Gasteiger partial charge in [-0.25, -0.2) is 12.8 Å². The van der Waals surface area contributed by atoms with Gasteiger partial charge in [-0.2, -0.15) is 0 Å². The molecule has 0 heterocycles. The van der Waals surface area contributed by atoms with Crippen LogP contribution in [0.4, 0.5) is 10.1 Å². The van der Waals surface area contributed by atoms with Crippen molar-refractivity contribution in [3.8, 4) is 0 Å². The second-order valence-corrected chi connectivity index (χ2v) is 6.33. The second kappa shape index (κ2) is 5.01. The molecule has 3 nitrogen and oxygen atoms in total. The fraction of sp³-hybridized carbons (Fsp3) is 0.143. The Balaban J connectivity index is 2.41. The fourth-order valence-corrected chi connectivity index (χ4v) is 3.44. The van der Waals surface area contributed by atoms with E-state index >= 15 is 0 Å². The molecule has 0 spiro atoms. The molecule has 2 aromatic rings. The molecular formula is C14H14FNO2S. The quantitative estimate of drug-likeness (QED) is 0.694. The van der Waals surface area contributed by atoms with Crippen LogP contribution < -0.4 is 5.73 Å². The topological polar surface area (TPSA) is 60.2 Å². The molecule has 0 aromatic heterocycles. The van der Waals surface area contributed by atoms with Crippen LogP contribution >= 0.6 is 0 Å². The van der Waals surface area contributed by atoms with Crippen molar-refractivity contribution < 1.29 is 12.8 Å². The summed E-state index contributed by atoms with van der Waals surface area (Å²) in [6.45, 7) is 1.85. The van der Waals surface area contributed by atoms with Gasteiger partial charge in [-0.1, -0.05) is 24.3 Å². The molecule has 0 aliphatic carbocycles. The Labute approximate surface area is 111 Å². The van der Waals surface area contributed by atoms with Crippen molar-refractivity contribution >= 4 is 15.5 Å². The molecule has 0 atom stereocenters. The molecule has 0 aliphatic rings. The molecule has 2 aromatic carbocycles. The standard InChI is InChI=1S/C14H14FNO2S/c1-10-4-2-3-5-11(10)9-19(17,18)14-7-6-12(15)8-13(14)16/h2-8H,9,16H2,1H3. The van der Waals surface area contributed by atoms with E-state index in [4.69, 9.17) is 5.73 Å². The van der Waals surface area contributed by atoms with Crippen molar-refractivity contribution in [3.63, 3.8) is 0 Å². The maximum atomic E-state index is 13.0. The molecule has 2 N–H and O–H groups in total. The van der Waals surface area contributed by atoms with Gasteiger partial charge in [0.2, 0.25) is 0 Å². The van der Waals surface area contributed by atoms with Crippen LogP contribution in [0.2, 0.25) is 0 Å². The molecule has 0 amide bonds. The normalized spacial score (nSPS) is 11.5. The average molecular weight is 279 g/mol. The van der Waals surface area contributed by atoms with Gasteiger partial charge in [0.15, 0.2) is 9.84 Å². The number of sulfone groups is 1. The first-order valence-corrected chi connectivity index (χ1v) is 7.37. The van der Waals surface area contributed by atoms with Crippen molar-refractivity contribution in [3.05, 3.63) is 59.4 Å². The molecule has 2 rings (SSSR count). The summed E-state index contributed by atoms with van der Waals surface area (Å²) < 4.78 is 37.5. The van der Waals surface area contributed by atoms with E-state index in [1.807, 2.05) is 19.1 Å². The molecule has 0 saturated heterocycles. The third-order valence-corrected chi connectivity index (χ3v) is 4.65. The number of benzene rings is 2. The summed E-state index contributed by atoms with van der Waals surface area (Å²) in [5, 5.41) is 0. The summed E-state index contributed by atoms with van der Waals surface area (Å²) in [6.07, 6.45) is 0. The molecular weight excluding hydrogens is 265 g/mol. The fourth-order valence-electron chi connectivity index (χ4n) is 1.86. The average Bonchev–Trinajstić information content (AvgIpc) is 2.31. The minimum Gasteiger partial charge on any atom is -0.398 e.